The van der Waals surface area contributed by atoms with Crippen LogP contribution in [0.15, 0.2) is 18.5 Å². The third-order valence-corrected chi connectivity index (χ3v) is 3.77. The van der Waals surface area contributed by atoms with Gasteiger partial charge < -0.3 is 14.6 Å². The van der Waals surface area contributed by atoms with Crippen LogP contribution in [0.4, 0.5) is 0 Å². The quantitative estimate of drug-likeness (QED) is 0.866. The summed E-state index contributed by atoms with van der Waals surface area (Å²) in [4.78, 5) is 13.2. The maximum Gasteiger partial charge on any atom is 0.306 e. The number of carboxylic acid groups (broad SMARTS) is 1. The standard InChI is InChI=1S/C14H22N2O2/c1-15-8-4-12(11-15)3-2-7-16-9-5-13(6-10-16)14(17)18/h4,8,11,13H,2-3,5-7,9-10H2,1H3,(H,17,18). The van der Waals surface area contributed by atoms with E-state index in [1.165, 1.54) is 5.56 Å². The lowest BCUT2D eigenvalue weighted by Crippen LogP contribution is -2.36. The summed E-state index contributed by atoms with van der Waals surface area (Å²) in [5, 5.41) is 8.93. The summed E-state index contributed by atoms with van der Waals surface area (Å²) in [7, 11) is 2.04. The Morgan fingerprint density at radius 3 is 2.72 bits per heavy atom. The fourth-order valence-electron chi connectivity index (χ4n) is 2.62. The molecule has 1 saturated heterocycles. The Labute approximate surface area is 108 Å². The van der Waals surface area contributed by atoms with Crippen molar-refractivity contribution in [3.05, 3.63) is 24.0 Å². The second kappa shape index (κ2) is 6.05. The number of aromatic nitrogens is 1. The molecule has 1 fully saturated rings. The van der Waals surface area contributed by atoms with E-state index >= 15 is 0 Å². The number of hydrogen-bond donors (Lipinski definition) is 1. The molecular formula is C14H22N2O2. The molecule has 0 aliphatic carbocycles. The van der Waals surface area contributed by atoms with Gasteiger partial charge in [0.2, 0.25) is 0 Å². The zero-order valence-electron chi connectivity index (χ0n) is 11.0. The molecule has 0 spiro atoms. The van der Waals surface area contributed by atoms with Gasteiger partial charge in [0, 0.05) is 19.4 Å². The number of hydrogen-bond acceptors (Lipinski definition) is 2. The van der Waals surface area contributed by atoms with Crippen molar-refractivity contribution in [2.24, 2.45) is 13.0 Å². The van der Waals surface area contributed by atoms with Crippen molar-refractivity contribution in [2.75, 3.05) is 19.6 Å². The van der Waals surface area contributed by atoms with Crippen molar-refractivity contribution in [1.29, 1.82) is 0 Å². The molecule has 100 valence electrons. The van der Waals surface area contributed by atoms with E-state index in [0.29, 0.717) is 0 Å². The summed E-state index contributed by atoms with van der Waals surface area (Å²) in [6.45, 7) is 2.96. The monoisotopic (exact) mass is 250 g/mol. The molecule has 0 bridgehead atoms. The highest BCUT2D eigenvalue weighted by molar-refractivity contribution is 5.70. The minimum atomic E-state index is -0.626. The predicted molar refractivity (Wildman–Crippen MR) is 70.5 cm³/mol. The lowest BCUT2D eigenvalue weighted by molar-refractivity contribution is -0.143. The smallest absolute Gasteiger partial charge is 0.306 e. The van der Waals surface area contributed by atoms with E-state index in [1.807, 2.05) is 7.05 Å². The topological polar surface area (TPSA) is 45.5 Å². The van der Waals surface area contributed by atoms with E-state index in [0.717, 1.165) is 45.3 Å². The Hall–Kier alpha value is -1.29. The summed E-state index contributed by atoms with van der Waals surface area (Å²) in [5.41, 5.74) is 1.39. The number of carboxylic acids is 1. The second-order valence-corrected chi connectivity index (χ2v) is 5.24. The van der Waals surface area contributed by atoms with Crippen LogP contribution in [0, 0.1) is 5.92 Å². The van der Waals surface area contributed by atoms with Gasteiger partial charge in [0.05, 0.1) is 5.92 Å². The van der Waals surface area contributed by atoms with Gasteiger partial charge in [0.1, 0.15) is 0 Å². The summed E-state index contributed by atoms with van der Waals surface area (Å²) >= 11 is 0. The fourth-order valence-corrected chi connectivity index (χ4v) is 2.62. The average Bonchev–Trinajstić information content (AvgIpc) is 2.76. The van der Waals surface area contributed by atoms with E-state index in [2.05, 4.69) is 27.9 Å². The minimum Gasteiger partial charge on any atom is -0.481 e. The van der Waals surface area contributed by atoms with Crippen molar-refractivity contribution < 1.29 is 9.90 Å². The highest BCUT2D eigenvalue weighted by Gasteiger charge is 2.23. The van der Waals surface area contributed by atoms with Crippen LogP contribution in [0.25, 0.3) is 0 Å². The number of carbonyl (C=O) groups is 1. The summed E-state index contributed by atoms with van der Waals surface area (Å²) in [6, 6.07) is 2.16. The van der Waals surface area contributed by atoms with E-state index in [4.69, 9.17) is 5.11 Å². The van der Waals surface area contributed by atoms with Crippen LogP contribution in [0.5, 0.6) is 0 Å². The van der Waals surface area contributed by atoms with Crippen LogP contribution in [0.1, 0.15) is 24.8 Å². The summed E-state index contributed by atoms with van der Waals surface area (Å²) in [6.07, 6.45) is 8.12. The number of aliphatic carboxylic acids is 1. The molecule has 4 nitrogen and oxygen atoms in total. The molecule has 1 aliphatic heterocycles. The molecule has 1 aromatic heterocycles. The summed E-state index contributed by atoms with van der Waals surface area (Å²) in [5.74, 6) is -0.741. The second-order valence-electron chi connectivity index (χ2n) is 5.24. The maximum atomic E-state index is 10.8. The maximum absolute atomic E-state index is 10.8. The first-order valence-corrected chi connectivity index (χ1v) is 6.71. The number of rotatable bonds is 5. The highest BCUT2D eigenvalue weighted by Crippen LogP contribution is 2.17. The first-order chi connectivity index (χ1) is 8.65. The van der Waals surface area contributed by atoms with Gasteiger partial charge in [-0.2, -0.15) is 0 Å². The van der Waals surface area contributed by atoms with Gasteiger partial charge in [-0.15, -0.1) is 0 Å². The molecule has 0 unspecified atom stereocenters. The Morgan fingerprint density at radius 1 is 1.44 bits per heavy atom. The first kappa shape index (κ1) is 13.1. The van der Waals surface area contributed by atoms with Crippen molar-refractivity contribution in [3.63, 3.8) is 0 Å². The highest BCUT2D eigenvalue weighted by atomic mass is 16.4. The predicted octanol–water partition coefficient (Wildman–Crippen LogP) is 1.75. The molecule has 2 rings (SSSR count). The molecule has 0 aromatic carbocycles. The molecule has 0 saturated carbocycles. The molecule has 4 heteroatoms. The zero-order valence-corrected chi connectivity index (χ0v) is 11.0. The average molecular weight is 250 g/mol. The van der Waals surface area contributed by atoms with E-state index in [9.17, 15) is 4.79 Å². The molecule has 2 heterocycles. The SMILES string of the molecule is Cn1ccc(CCCN2CCC(C(=O)O)CC2)c1. The van der Waals surface area contributed by atoms with Crippen LogP contribution in [-0.2, 0) is 18.3 Å². The fraction of sp³-hybridized carbons (Fsp3) is 0.643. The van der Waals surface area contributed by atoms with Gasteiger partial charge in [0.25, 0.3) is 0 Å². The normalized spacial score (nSPS) is 18.1. The molecule has 1 N–H and O–H groups in total. The Kier molecular flexibility index (Phi) is 4.42. The number of aryl methyl sites for hydroxylation is 2. The summed E-state index contributed by atoms with van der Waals surface area (Å²) < 4.78 is 2.08. The van der Waals surface area contributed by atoms with Crippen molar-refractivity contribution in [1.82, 2.24) is 9.47 Å². The molecule has 1 aromatic rings. The van der Waals surface area contributed by atoms with Gasteiger partial charge in [-0.3, -0.25) is 4.79 Å². The lowest BCUT2D eigenvalue weighted by Gasteiger charge is -2.29. The van der Waals surface area contributed by atoms with Crippen molar-refractivity contribution >= 4 is 5.97 Å². The third kappa shape index (κ3) is 3.60. The van der Waals surface area contributed by atoms with E-state index in [1.54, 1.807) is 0 Å². The minimum absolute atomic E-state index is 0.115. The van der Waals surface area contributed by atoms with Crippen LogP contribution >= 0.6 is 0 Å². The molecule has 0 radical (unpaired) electrons. The van der Waals surface area contributed by atoms with Gasteiger partial charge in [0.15, 0.2) is 0 Å². The molecule has 1 aliphatic rings. The van der Waals surface area contributed by atoms with Crippen LogP contribution in [0.3, 0.4) is 0 Å². The largest absolute Gasteiger partial charge is 0.481 e. The first-order valence-electron chi connectivity index (χ1n) is 6.71. The molecule has 0 atom stereocenters. The molecule has 18 heavy (non-hydrogen) atoms. The van der Waals surface area contributed by atoms with Crippen LogP contribution in [0.2, 0.25) is 0 Å². The van der Waals surface area contributed by atoms with Gasteiger partial charge in [-0.25, -0.2) is 0 Å². The van der Waals surface area contributed by atoms with E-state index < -0.39 is 5.97 Å². The van der Waals surface area contributed by atoms with Crippen LogP contribution in [-0.4, -0.2) is 40.2 Å². The Morgan fingerprint density at radius 2 is 2.17 bits per heavy atom. The lowest BCUT2D eigenvalue weighted by atomic mass is 9.97. The van der Waals surface area contributed by atoms with Crippen molar-refractivity contribution in [3.8, 4) is 0 Å². The van der Waals surface area contributed by atoms with Crippen LogP contribution < -0.4 is 0 Å². The third-order valence-electron chi connectivity index (χ3n) is 3.77. The molecular weight excluding hydrogens is 228 g/mol. The molecule has 0 amide bonds. The zero-order chi connectivity index (χ0) is 13.0. The van der Waals surface area contributed by atoms with Crippen molar-refractivity contribution in [2.45, 2.75) is 25.7 Å². The van der Waals surface area contributed by atoms with Gasteiger partial charge in [-0.1, -0.05) is 0 Å². The van der Waals surface area contributed by atoms with Gasteiger partial charge >= 0.3 is 5.97 Å². The Balaban J connectivity index is 1.65. The van der Waals surface area contributed by atoms with E-state index in [-0.39, 0.29) is 5.92 Å². The van der Waals surface area contributed by atoms with Gasteiger partial charge in [-0.05, 0) is 56.9 Å². The Bertz CT molecular complexity index is 392. The number of likely N-dealkylation sites (tertiary alicyclic amines) is 1. The number of piperidine rings is 1. The number of nitrogens with zero attached hydrogens (tertiary/aromatic N) is 2.